The van der Waals surface area contributed by atoms with E-state index in [1.807, 2.05) is 0 Å². The van der Waals surface area contributed by atoms with Crippen LogP contribution in [0, 0.1) is 41.5 Å². The molecule has 96 valence electrons. The van der Waals surface area contributed by atoms with Gasteiger partial charge in [0, 0.05) is 0 Å². The van der Waals surface area contributed by atoms with E-state index in [4.69, 9.17) is 0 Å². The number of benzene rings is 2. The molecule has 0 bridgehead atoms. The Morgan fingerprint density at radius 3 is 1.05 bits per heavy atom. The molecule has 0 saturated carbocycles. The summed E-state index contributed by atoms with van der Waals surface area (Å²) in [6, 6.07) is 9.34. The first-order valence-corrected chi connectivity index (χ1v) is 9.66. The quantitative estimate of drug-likeness (QED) is 0.725. The van der Waals surface area contributed by atoms with Crippen molar-refractivity contribution in [2.75, 3.05) is 0 Å². The van der Waals surface area contributed by atoms with E-state index in [-0.39, 0.29) is 0 Å². The second-order valence-electron chi connectivity index (χ2n) is 5.67. The van der Waals surface area contributed by atoms with Gasteiger partial charge in [-0.3, -0.25) is 0 Å². The zero-order valence-electron chi connectivity index (χ0n) is 12.8. The molecule has 2 aromatic rings. The number of hydrogen-bond acceptors (Lipinski definition) is 0. The van der Waals surface area contributed by atoms with E-state index in [9.17, 15) is 0 Å². The van der Waals surface area contributed by atoms with Gasteiger partial charge < -0.3 is 0 Å². The Bertz CT molecular complexity index is 522. The minimum atomic E-state index is -0.703. The molecule has 1 heteroatoms. The number of hydrogen-bond donors (Lipinski definition) is 0. The van der Waals surface area contributed by atoms with E-state index in [1.165, 1.54) is 33.4 Å². The summed E-state index contributed by atoms with van der Waals surface area (Å²) < 4.78 is 3.31. The summed E-state index contributed by atoms with van der Waals surface area (Å²) in [5, 5.41) is 0. The molecule has 0 atom stereocenters. The van der Waals surface area contributed by atoms with Crippen LogP contribution in [0.4, 0.5) is 0 Å². The summed E-state index contributed by atoms with van der Waals surface area (Å²) in [5.41, 5.74) is 8.73. The normalized spacial score (nSPS) is 10.4. The van der Waals surface area contributed by atoms with Crippen molar-refractivity contribution in [1.82, 2.24) is 0 Å². The molecule has 0 aliphatic carbocycles. The van der Waals surface area contributed by atoms with Crippen molar-refractivity contribution in [3.8, 4) is 0 Å². The van der Waals surface area contributed by atoms with Crippen LogP contribution in [0.5, 0.6) is 0 Å². The average molecular weight is 357 g/mol. The zero-order chi connectivity index (χ0) is 14.2. The number of rotatable bonds is 2. The summed E-state index contributed by atoms with van der Waals surface area (Å²) in [4.78, 5) is 0. The van der Waals surface area contributed by atoms with Crippen LogP contribution in [0.25, 0.3) is 0 Å². The van der Waals surface area contributed by atoms with Crippen LogP contribution in [0.3, 0.4) is 0 Å². The second kappa shape index (κ2) is 5.70. The fourth-order valence-corrected chi connectivity index (χ4v) is 6.67. The Labute approximate surface area is 127 Å². The first-order valence-electron chi connectivity index (χ1n) is 6.81. The van der Waals surface area contributed by atoms with Crippen molar-refractivity contribution in [2.45, 2.75) is 41.5 Å². The molecule has 0 aliphatic rings. The molecule has 2 rings (SSSR count). The SMILES string of the molecule is Cc1cc(C)[c]([Sn+2][c]2c(C)cc(C)cc2C)c(C)c1. The van der Waals surface area contributed by atoms with Gasteiger partial charge in [0.1, 0.15) is 0 Å². The Hall–Kier alpha value is -0.761. The van der Waals surface area contributed by atoms with Gasteiger partial charge in [-0.05, 0) is 0 Å². The van der Waals surface area contributed by atoms with Gasteiger partial charge >= 0.3 is 127 Å². The summed E-state index contributed by atoms with van der Waals surface area (Å²) in [7, 11) is 0. The molecule has 0 aliphatic heterocycles. The molecule has 0 radical (unpaired) electrons. The molecule has 0 spiro atoms. The van der Waals surface area contributed by atoms with E-state index in [1.54, 1.807) is 7.16 Å². The molecule has 0 fully saturated rings. The van der Waals surface area contributed by atoms with Crippen LogP contribution in [0.1, 0.15) is 33.4 Å². The van der Waals surface area contributed by atoms with Crippen LogP contribution in [0.2, 0.25) is 0 Å². The summed E-state index contributed by atoms with van der Waals surface area (Å²) in [5.74, 6) is 0. The average Bonchev–Trinajstić information content (AvgIpc) is 2.25. The van der Waals surface area contributed by atoms with Crippen molar-refractivity contribution in [3.63, 3.8) is 0 Å². The van der Waals surface area contributed by atoms with Gasteiger partial charge in [0.2, 0.25) is 0 Å². The van der Waals surface area contributed by atoms with Crippen molar-refractivity contribution >= 4 is 28.3 Å². The molecule has 0 saturated heterocycles. The Balaban J connectivity index is 2.48. The Morgan fingerprint density at radius 2 is 0.789 bits per heavy atom. The molecule has 0 amide bonds. The van der Waals surface area contributed by atoms with Gasteiger partial charge in [-0.15, -0.1) is 0 Å². The Kier molecular flexibility index (Phi) is 4.39. The summed E-state index contributed by atoms with van der Waals surface area (Å²) >= 11 is -0.703. The van der Waals surface area contributed by atoms with Crippen molar-refractivity contribution < 1.29 is 0 Å². The topological polar surface area (TPSA) is 0 Å². The van der Waals surface area contributed by atoms with Crippen LogP contribution >= 0.6 is 0 Å². The van der Waals surface area contributed by atoms with E-state index in [0.29, 0.717) is 0 Å². The van der Waals surface area contributed by atoms with Crippen LogP contribution in [0.15, 0.2) is 24.3 Å². The van der Waals surface area contributed by atoms with E-state index < -0.39 is 21.1 Å². The molecule has 0 aromatic heterocycles. The van der Waals surface area contributed by atoms with Gasteiger partial charge in [0.15, 0.2) is 0 Å². The Morgan fingerprint density at radius 1 is 0.526 bits per heavy atom. The van der Waals surface area contributed by atoms with E-state index in [2.05, 4.69) is 65.8 Å². The summed E-state index contributed by atoms with van der Waals surface area (Å²) in [6.45, 7) is 13.5. The third-order valence-corrected chi connectivity index (χ3v) is 9.53. The van der Waals surface area contributed by atoms with Crippen molar-refractivity contribution in [2.24, 2.45) is 0 Å². The van der Waals surface area contributed by atoms with Crippen molar-refractivity contribution in [1.29, 1.82) is 0 Å². The zero-order valence-corrected chi connectivity index (χ0v) is 15.7. The monoisotopic (exact) mass is 358 g/mol. The maximum absolute atomic E-state index is 2.34. The molecule has 0 heterocycles. The molecule has 0 unspecified atom stereocenters. The predicted molar refractivity (Wildman–Crippen MR) is 86.3 cm³/mol. The minimum absolute atomic E-state index is 0.703. The van der Waals surface area contributed by atoms with Gasteiger partial charge in [-0.2, -0.15) is 0 Å². The summed E-state index contributed by atoms with van der Waals surface area (Å²) in [6.07, 6.45) is 0. The van der Waals surface area contributed by atoms with Gasteiger partial charge in [-0.25, -0.2) is 0 Å². The number of aryl methyl sites for hydroxylation is 6. The first-order chi connectivity index (χ1) is 8.88. The van der Waals surface area contributed by atoms with Gasteiger partial charge in [0.05, 0.1) is 0 Å². The van der Waals surface area contributed by atoms with Gasteiger partial charge in [0.25, 0.3) is 0 Å². The maximum atomic E-state index is 2.34. The third-order valence-electron chi connectivity index (χ3n) is 3.60. The molecule has 19 heavy (non-hydrogen) atoms. The van der Waals surface area contributed by atoms with Crippen LogP contribution < -0.4 is 7.16 Å². The van der Waals surface area contributed by atoms with E-state index in [0.717, 1.165) is 0 Å². The first kappa shape index (κ1) is 14.6. The fraction of sp³-hybridized carbons (Fsp3) is 0.333. The third kappa shape index (κ3) is 3.22. The fourth-order valence-electron chi connectivity index (χ4n) is 2.88. The molecule has 0 N–H and O–H groups in total. The standard InChI is InChI=1S/2C9H11.Sn/c2*1-7-4-8(2)6-9(3)5-7;/h2*4-5H,1-3H3;/q;;+2. The van der Waals surface area contributed by atoms with E-state index >= 15 is 0 Å². The van der Waals surface area contributed by atoms with Crippen LogP contribution in [-0.4, -0.2) is 21.1 Å². The van der Waals surface area contributed by atoms with Crippen LogP contribution in [-0.2, 0) is 0 Å². The van der Waals surface area contributed by atoms with Gasteiger partial charge in [-0.1, -0.05) is 0 Å². The predicted octanol–water partition coefficient (Wildman–Crippen LogP) is 3.19. The molecular formula is C18H22Sn+2. The molecule has 2 aromatic carbocycles. The second-order valence-corrected chi connectivity index (χ2v) is 9.24. The molecular weight excluding hydrogens is 335 g/mol. The van der Waals surface area contributed by atoms with Crippen molar-refractivity contribution in [3.05, 3.63) is 57.6 Å². The molecule has 0 nitrogen and oxygen atoms in total.